The minimum Gasteiger partial charge on any atom is -0.379 e. The standard InChI is InChI=1S/C22H22ClN3O4S/c1-14-3-6-20-16(11-14)12-18(15(2)24-20)22(27)25-17-4-5-19(23)21(13-17)31(28,29)26-7-9-30-10-8-26/h3-6,11-13H,7-10H2,1-2H3,(H,25,27). The Kier molecular flexibility index (Phi) is 5.98. The van der Waals surface area contributed by atoms with Gasteiger partial charge in [-0.05, 0) is 50.2 Å². The summed E-state index contributed by atoms with van der Waals surface area (Å²) in [5.74, 6) is -0.370. The molecule has 1 aliphatic rings. The third-order valence-electron chi connectivity index (χ3n) is 5.18. The van der Waals surface area contributed by atoms with Crippen LogP contribution in [0.4, 0.5) is 5.69 Å². The number of nitrogens with one attached hydrogen (secondary N) is 1. The number of nitrogens with zero attached hydrogens (tertiary/aromatic N) is 2. The van der Waals surface area contributed by atoms with Crippen LogP contribution in [0, 0.1) is 13.8 Å². The van der Waals surface area contributed by atoms with Gasteiger partial charge in [-0.15, -0.1) is 0 Å². The van der Waals surface area contributed by atoms with Gasteiger partial charge in [0.15, 0.2) is 0 Å². The Morgan fingerprint density at radius 2 is 1.84 bits per heavy atom. The second-order valence-electron chi connectivity index (χ2n) is 7.43. The number of fused-ring (bicyclic) bond motifs is 1. The van der Waals surface area contributed by atoms with Crippen LogP contribution in [0.3, 0.4) is 0 Å². The number of aryl methyl sites for hydroxylation is 2. The fraction of sp³-hybridized carbons (Fsp3) is 0.273. The van der Waals surface area contributed by atoms with Crippen molar-refractivity contribution >= 4 is 44.1 Å². The molecule has 2 heterocycles. The van der Waals surface area contributed by atoms with Crippen LogP contribution in [0.1, 0.15) is 21.6 Å². The number of hydrogen-bond donors (Lipinski definition) is 1. The number of rotatable bonds is 4. The molecule has 7 nitrogen and oxygen atoms in total. The summed E-state index contributed by atoms with van der Waals surface area (Å²) in [6.07, 6.45) is 0. The number of amides is 1. The maximum Gasteiger partial charge on any atom is 0.257 e. The first-order valence-electron chi connectivity index (χ1n) is 9.82. The minimum absolute atomic E-state index is 0.0437. The molecule has 0 radical (unpaired) electrons. The predicted molar refractivity (Wildman–Crippen MR) is 120 cm³/mol. The van der Waals surface area contributed by atoms with E-state index >= 15 is 0 Å². The Balaban J connectivity index is 1.64. The van der Waals surface area contributed by atoms with E-state index in [1.807, 2.05) is 25.1 Å². The first-order valence-corrected chi connectivity index (χ1v) is 11.6. The van der Waals surface area contributed by atoms with Crippen molar-refractivity contribution in [1.82, 2.24) is 9.29 Å². The van der Waals surface area contributed by atoms with Crippen LogP contribution >= 0.6 is 11.6 Å². The number of benzene rings is 2. The van der Waals surface area contributed by atoms with Crippen LogP contribution in [-0.2, 0) is 14.8 Å². The summed E-state index contributed by atoms with van der Waals surface area (Å²) in [7, 11) is -3.80. The van der Waals surface area contributed by atoms with Crippen LogP contribution in [-0.4, -0.2) is 49.9 Å². The molecule has 1 N–H and O–H groups in total. The van der Waals surface area contributed by atoms with Gasteiger partial charge in [0.2, 0.25) is 10.0 Å². The average Bonchev–Trinajstić information content (AvgIpc) is 2.75. The molecule has 9 heteroatoms. The highest BCUT2D eigenvalue weighted by atomic mass is 35.5. The number of hydrogen-bond acceptors (Lipinski definition) is 5. The van der Waals surface area contributed by atoms with Gasteiger partial charge in [0.05, 0.1) is 35.0 Å². The van der Waals surface area contributed by atoms with Gasteiger partial charge in [0.1, 0.15) is 4.90 Å². The number of sulfonamides is 1. The van der Waals surface area contributed by atoms with Gasteiger partial charge in [0.25, 0.3) is 5.91 Å². The van der Waals surface area contributed by atoms with Crippen molar-refractivity contribution in [3.63, 3.8) is 0 Å². The summed E-state index contributed by atoms with van der Waals surface area (Å²) in [5.41, 5.74) is 3.23. The lowest BCUT2D eigenvalue weighted by Crippen LogP contribution is -2.40. The first-order chi connectivity index (χ1) is 14.8. The lowest BCUT2D eigenvalue weighted by Gasteiger charge is -2.26. The Morgan fingerprint density at radius 3 is 2.58 bits per heavy atom. The van der Waals surface area contributed by atoms with Crippen molar-refractivity contribution in [2.45, 2.75) is 18.7 Å². The zero-order valence-electron chi connectivity index (χ0n) is 17.2. The van der Waals surface area contributed by atoms with E-state index in [9.17, 15) is 13.2 Å². The van der Waals surface area contributed by atoms with Crippen molar-refractivity contribution in [1.29, 1.82) is 0 Å². The second-order valence-corrected chi connectivity index (χ2v) is 9.75. The molecule has 2 aromatic carbocycles. The second kappa shape index (κ2) is 8.55. The number of carbonyl (C=O) groups is 1. The van der Waals surface area contributed by atoms with E-state index in [-0.39, 0.29) is 28.9 Å². The Labute approximate surface area is 186 Å². The van der Waals surface area contributed by atoms with E-state index in [4.69, 9.17) is 16.3 Å². The quantitative estimate of drug-likeness (QED) is 0.641. The van der Waals surface area contributed by atoms with Gasteiger partial charge in [-0.3, -0.25) is 9.78 Å². The van der Waals surface area contributed by atoms with Gasteiger partial charge in [-0.1, -0.05) is 23.2 Å². The number of pyridine rings is 1. The fourth-order valence-corrected chi connectivity index (χ4v) is 5.43. The van der Waals surface area contributed by atoms with Gasteiger partial charge in [0, 0.05) is 24.2 Å². The zero-order chi connectivity index (χ0) is 22.2. The smallest absolute Gasteiger partial charge is 0.257 e. The highest BCUT2D eigenvalue weighted by Crippen LogP contribution is 2.29. The van der Waals surface area contributed by atoms with Crippen LogP contribution in [0.15, 0.2) is 47.4 Å². The predicted octanol–water partition coefficient (Wildman–Crippen LogP) is 3.78. The molecule has 1 aromatic heterocycles. The highest BCUT2D eigenvalue weighted by molar-refractivity contribution is 7.89. The van der Waals surface area contributed by atoms with Crippen LogP contribution in [0.25, 0.3) is 10.9 Å². The molecule has 0 aliphatic carbocycles. The topological polar surface area (TPSA) is 88.6 Å². The maximum absolute atomic E-state index is 13.0. The van der Waals surface area contributed by atoms with Crippen molar-refractivity contribution in [2.24, 2.45) is 0 Å². The monoisotopic (exact) mass is 459 g/mol. The number of morpholine rings is 1. The number of aromatic nitrogens is 1. The molecule has 3 aromatic rings. The summed E-state index contributed by atoms with van der Waals surface area (Å²) in [6, 6.07) is 12.1. The summed E-state index contributed by atoms with van der Waals surface area (Å²) in [4.78, 5) is 17.4. The van der Waals surface area contributed by atoms with E-state index in [1.54, 1.807) is 19.1 Å². The molecule has 0 saturated carbocycles. The van der Waals surface area contributed by atoms with Gasteiger partial charge < -0.3 is 10.1 Å². The third-order valence-corrected chi connectivity index (χ3v) is 7.56. The molecule has 162 valence electrons. The van der Waals surface area contributed by atoms with Crippen molar-refractivity contribution in [2.75, 3.05) is 31.6 Å². The SMILES string of the molecule is Cc1ccc2nc(C)c(C(=O)Nc3ccc(Cl)c(S(=O)(=O)N4CCOCC4)c3)cc2c1. The molecule has 1 aliphatic heterocycles. The Bertz CT molecular complexity index is 1270. The number of ether oxygens (including phenoxy) is 1. The molecule has 0 bridgehead atoms. The number of carbonyl (C=O) groups excluding carboxylic acids is 1. The molecular weight excluding hydrogens is 438 g/mol. The minimum atomic E-state index is -3.80. The molecule has 1 amide bonds. The summed E-state index contributed by atoms with van der Waals surface area (Å²) in [6.45, 7) is 4.93. The molecule has 4 rings (SSSR count). The first kappa shape index (κ1) is 21.7. The molecule has 0 spiro atoms. The molecule has 0 unspecified atom stereocenters. The number of halogens is 1. The van der Waals surface area contributed by atoms with Crippen molar-refractivity contribution < 1.29 is 17.9 Å². The average molecular weight is 460 g/mol. The van der Waals surface area contributed by atoms with Crippen LogP contribution in [0.5, 0.6) is 0 Å². The van der Waals surface area contributed by atoms with E-state index in [0.717, 1.165) is 16.5 Å². The zero-order valence-corrected chi connectivity index (χ0v) is 18.8. The van der Waals surface area contributed by atoms with Gasteiger partial charge in [-0.2, -0.15) is 4.31 Å². The van der Waals surface area contributed by atoms with E-state index in [2.05, 4.69) is 10.3 Å². The highest BCUT2D eigenvalue weighted by Gasteiger charge is 2.28. The molecular formula is C22H22ClN3O4S. The molecule has 0 atom stereocenters. The summed E-state index contributed by atoms with van der Waals surface area (Å²) < 4.78 is 32.6. The summed E-state index contributed by atoms with van der Waals surface area (Å²) >= 11 is 6.20. The van der Waals surface area contributed by atoms with Crippen LogP contribution in [0.2, 0.25) is 5.02 Å². The van der Waals surface area contributed by atoms with E-state index in [0.29, 0.717) is 30.2 Å². The van der Waals surface area contributed by atoms with E-state index < -0.39 is 10.0 Å². The van der Waals surface area contributed by atoms with Gasteiger partial charge >= 0.3 is 0 Å². The number of anilines is 1. The van der Waals surface area contributed by atoms with Crippen LogP contribution < -0.4 is 5.32 Å². The lowest BCUT2D eigenvalue weighted by molar-refractivity contribution is 0.0730. The molecule has 1 saturated heterocycles. The summed E-state index contributed by atoms with van der Waals surface area (Å²) in [5, 5.41) is 3.74. The molecule has 1 fully saturated rings. The molecule has 31 heavy (non-hydrogen) atoms. The largest absolute Gasteiger partial charge is 0.379 e. The van der Waals surface area contributed by atoms with Crippen molar-refractivity contribution in [3.8, 4) is 0 Å². The fourth-order valence-electron chi connectivity index (χ4n) is 3.53. The Morgan fingerprint density at radius 1 is 1.10 bits per heavy atom. The third kappa shape index (κ3) is 4.43. The Hall–Kier alpha value is -2.52. The lowest BCUT2D eigenvalue weighted by atomic mass is 10.1. The normalized spacial score (nSPS) is 15.2. The van der Waals surface area contributed by atoms with Gasteiger partial charge in [-0.25, -0.2) is 8.42 Å². The van der Waals surface area contributed by atoms with Crippen molar-refractivity contribution in [3.05, 3.63) is 64.3 Å². The van der Waals surface area contributed by atoms with E-state index in [1.165, 1.54) is 16.4 Å². The maximum atomic E-state index is 13.0.